The first-order chi connectivity index (χ1) is 15.1. The number of hydrogen-bond donors (Lipinski definition) is 1. The van der Waals surface area contributed by atoms with Gasteiger partial charge in [-0.2, -0.15) is 0 Å². The van der Waals surface area contributed by atoms with E-state index in [4.69, 9.17) is 4.74 Å². The molecule has 0 saturated carbocycles. The molecule has 0 spiro atoms. The van der Waals surface area contributed by atoms with Crippen LogP contribution in [0.4, 0.5) is 5.95 Å². The van der Waals surface area contributed by atoms with Crippen LogP contribution in [0, 0.1) is 5.92 Å². The molecular weight excluding hydrogens is 525 g/mol. The van der Waals surface area contributed by atoms with Gasteiger partial charge < -0.3 is 24.8 Å². The van der Waals surface area contributed by atoms with Crippen LogP contribution in [0.25, 0.3) is 0 Å². The van der Waals surface area contributed by atoms with Gasteiger partial charge in [-0.05, 0) is 25.8 Å². The van der Waals surface area contributed by atoms with Crippen LogP contribution in [0.5, 0.6) is 0 Å². The van der Waals surface area contributed by atoms with Crippen LogP contribution in [0.3, 0.4) is 0 Å². The molecule has 11 heteroatoms. The van der Waals surface area contributed by atoms with Crippen LogP contribution in [0.1, 0.15) is 26.2 Å². The Bertz CT molecular complexity index is 757. The molecule has 10 nitrogen and oxygen atoms in total. The van der Waals surface area contributed by atoms with Crippen molar-refractivity contribution in [3.05, 3.63) is 18.5 Å². The number of aliphatic imine (C=N–C) groups is 1. The average Bonchev–Trinajstić information content (AvgIpc) is 2.82. The highest BCUT2D eigenvalue weighted by atomic mass is 127. The Balaban J connectivity index is 0.00000363. The summed E-state index contributed by atoms with van der Waals surface area (Å²) in [5.41, 5.74) is 0. The van der Waals surface area contributed by atoms with Crippen LogP contribution in [0.15, 0.2) is 23.5 Å². The summed E-state index contributed by atoms with van der Waals surface area (Å²) >= 11 is 0. The lowest BCUT2D eigenvalue weighted by Crippen LogP contribution is -2.51. The number of hydrogen-bond acceptors (Lipinski definition) is 7. The molecule has 178 valence electrons. The van der Waals surface area contributed by atoms with Gasteiger partial charge in [-0.15, -0.1) is 24.0 Å². The predicted octanol–water partition coefficient (Wildman–Crippen LogP) is 0.984. The summed E-state index contributed by atoms with van der Waals surface area (Å²) in [5, 5.41) is 3.28. The lowest BCUT2D eigenvalue weighted by molar-refractivity contribution is -0.149. The molecule has 32 heavy (non-hydrogen) atoms. The highest BCUT2D eigenvalue weighted by Gasteiger charge is 2.28. The fraction of sp³-hybridized carbons (Fsp3) is 0.667. The number of esters is 1. The second kappa shape index (κ2) is 13.4. The van der Waals surface area contributed by atoms with Crippen molar-refractivity contribution in [2.75, 3.05) is 64.4 Å². The second-order valence-corrected chi connectivity index (χ2v) is 7.68. The number of nitrogens with one attached hydrogen (secondary N) is 1. The van der Waals surface area contributed by atoms with Gasteiger partial charge in [0.05, 0.1) is 12.5 Å². The number of aromatic nitrogens is 2. The monoisotopic (exact) mass is 559 g/mol. The third-order valence-corrected chi connectivity index (χ3v) is 5.64. The number of amides is 1. The molecule has 0 aromatic carbocycles. The Hall–Kier alpha value is -2.18. The molecule has 2 aliphatic rings. The fourth-order valence-electron chi connectivity index (χ4n) is 4.00. The zero-order valence-corrected chi connectivity index (χ0v) is 21.2. The number of rotatable bonds is 6. The van der Waals surface area contributed by atoms with Gasteiger partial charge in [0.15, 0.2) is 5.96 Å². The molecule has 0 radical (unpaired) electrons. The van der Waals surface area contributed by atoms with E-state index >= 15 is 0 Å². The van der Waals surface area contributed by atoms with Gasteiger partial charge in [0, 0.05) is 71.7 Å². The molecule has 0 aliphatic carbocycles. The number of piperazine rings is 1. The zero-order chi connectivity index (χ0) is 22.1. The van der Waals surface area contributed by atoms with Crippen LogP contribution >= 0.6 is 24.0 Å². The van der Waals surface area contributed by atoms with Gasteiger partial charge >= 0.3 is 5.97 Å². The molecule has 1 aromatic rings. The summed E-state index contributed by atoms with van der Waals surface area (Å²) in [5.74, 6) is 1.30. The minimum absolute atomic E-state index is 0. The van der Waals surface area contributed by atoms with Gasteiger partial charge in [-0.3, -0.25) is 14.6 Å². The lowest BCUT2D eigenvalue weighted by Gasteiger charge is -2.35. The maximum Gasteiger partial charge on any atom is 0.310 e. The van der Waals surface area contributed by atoms with E-state index in [9.17, 15) is 9.59 Å². The molecule has 2 fully saturated rings. The maximum atomic E-state index is 12.6. The highest BCUT2D eigenvalue weighted by molar-refractivity contribution is 14.0. The smallest absolute Gasteiger partial charge is 0.310 e. The molecule has 0 bridgehead atoms. The van der Waals surface area contributed by atoms with E-state index in [-0.39, 0.29) is 41.8 Å². The van der Waals surface area contributed by atoms with E-state index in [1.165, 1.54) is 0 Å². The minimum atomic E-state index is -0.141. The molecule has 3 heterocycles. The largest absolute Gasteiger partial charge is 0.466 e. The van der Waals surface area contributed by atoms with Crippen LogP contribution in [-0.4, -0.2) is 97.1 Å². The summed E-state index contributed by atoms with van der Waals surface area (Å²) in [6.45, 7) is 6.96. The van der Waals surface area contributed by atoms with Crippen molar-refractivity contribution >= 4 is 47.8 Å². The fourth-order valence-corrected chi connectivity index (χ4v) is 4.00. The van der Waals surface area contributed by atoms with Crippen molar-refractivity contribution in [2.45, 2.75) is 26.2 Å². The number of carbonyl (C=O) groups excluding carboxylic acids is 2. The number of piperidine rings is 1. The normalized spacial score (nSPS) is 19.2. The van der Waals surface area contributed by atoms with E-state index in [1.807, 2.05) is 11.8 Å². The lowest BCUT2D eigenvalue weighted by atomic mass is 9.98. The van der Waals surface area contributed by atoms with Crippen LogP contribution < -0.4 is 10.2 Å². The molecular formula is C21H34IN7O3. The zero-order valence-electron chi connectivity index (χ0n) is 18.9. The van der Waals surface area contributed by atoms with Gasteiger partial charge in [0.2, 0.25) is 11.9 Å². The number of anilines is 1. The Morgan fingerprint density at radius 1 is 1.16 bits per heavy atom. The van der Waals surface area contributed by atoms with E-state index in [2.05, 4.69) is 30.1 Å². The highest BCUT2D eigenvalue weighted by Crippen LogP contribution is 2.18. The number of carbonyl (C=O) groups is 2. The first-order valence-corrected chi connectivity index (χ1v) is 11.0. The molecule has 1 atom stereocenters. The number of likely N-dealkylation sites (tertiary alicyclic amines) is 1. The third kappa shape index (κ3) is 7.17. The van der Waals surface area contributed by atoms with Crippen LogP contribution in [0.2, 0.25) is 0 Å². The molecule has 2 aliphatic heterocycles. The average molecular weight is 559 g/mol. The van der Waals surface area contributed by atoms with Gasteiger partial charge in [0.1, 0.15) is 0 Å². The van der Waals surface area contributed by atoms with Crippen molar-refractivity contribution in [3.63, 3.8) is 0 Å². The summed E-state index contributed by atoms with van der Waals surface area (Å²) in [6.07, 6.45) is 5.62. The van der Waals surface area contributed by atoms with Crippen molar-refractivity contribution in [1.29, 1.82) is 0 Å². The standard InChI is InChI=1S/C21H33N7O3.HI/c1-3-31-19(30)17-6-4-11-28(16-17)20(22-2)25-10-7-18(29)26-12-14-27(15-13-26)21-23-8-5-9-24-21;/h5,8-9,17H,3-4,6-7,10-16H2,1-2H3,(H,22,25);1H. The van der Waals surface area contributed by atoms with Gasteiger partial charge in [0.25, 0.3) is 0 Å². The predicted molar refractivity (Wildman–Crippen MR) is 133 cm³/mol. The topological polar surface area (TPSA) is 103 Å². The number of guanidine groups is 1. The molecule has 1 N–H and O–H groups in total. The Labute approximate surface area is 206 Å². The molecule has 2 saturated heterocycles. The van der Waals surface area contributed by atoms with Crippen LogP contribution in [-0.2, 0) is 14.3 Å². The Kier molecular flexibility index (Phi) is 10.9. The number of halogens is 1. The SMILES string of the molecule is CCOC(=O)C1CCCN(C(=NC)NCCC(=O)N2CCN(c3ncccn3)CC2)C1.I. The van der Waals surface area contributed by atoms with Gasteiger partial charge in [-0.25, -0.2) is 9.97 Å². The maximum absolute atomic E-state index is 12.6. The molecule has 1 unspecified atom stereocenters. The summed E-state index contributed by atoms with van der Waals surface area (Å²) in [6, 6.07) is 1.80. The third-order valence-electron chi connectivity index (χ3n) is 5.64. The first-order valence-electron chi connectivity index (χ1n) is 11.0. The molecule has 3 rings (SSSR count). The second-order valence-electron chi connectivity index (χ2n) is 7.68. The summed E-state index contributed by atoms with van der Waals surface area (Å²) in [4.78, 5) is 43.7. The van der Waals surface area contributed by atoms with Crippen molar-refractivity contribution in [1.82, 2.24) is 25.1 Å². The molecule has 1 amide bonds. The van der Waals surface area contributed by atoms with E-state index in [0.717, 1.165) is 38.4 Å². The Morgan fingerprint density at radius 3 is 2.53 bits per heavy atom. The number of ether oxygens (including phenoxy) is 1. The first kappa shape index (κ1) is 26.1. The van der Waals surface area contributed by atoms with Crippen molar-refractivity contribution in [3.8, 4) is 0 Å². The van der Waals surface area contributed by atoms with E-state index < -0.39 is 0 Å². The van der Waals surface area contributed by atoms with E-state index in [1.54, 1.807) is 25.5 Å². The van der Waals surface area contributed by atoms with Crippen molar-refractivity contribution < 1.29 is 14.3 Å². The van der Waals surface area contributed by atoms with Crippen molar-refractivity contribution in [2.24, 2.45) is 10.9 Å². The van der Waals surface area contributed by atoms with E-state index in [0.29, 0.717) is 45.2 Å². The summed E-state index contributed by atoms with van der Waals surface area (Å²) < 4.78 is 5.17. The molecule has 1 aromatic heterocycles. The Morgan fingerprint density at radius 2 is 1.88 bits per heavy atom. The minimum Gasteiger partial charge on any atom is -0.466 e. The van der Waals surface area contributed by atoms with Gasteiger partial charge in [-0.1, -0.05) is 0 Å². The number of nitrogens with zero attached hydrogens (tertiary/aromatic N) is 6. The quantitative estimate of drug-likeness (QED) is 0.238. The summed E-state index contributed by atoms with van der Waals surface area (Å²) in [7, 11) is 1.73.